The molecular formula is C13H17N3O3S. The fourth-order valence-corrected chi connectivity index (χ4v) is 3.56. The third-order valence-corrected chi connectivity index (χ3v) is 4.79. The van der Waals surface area contributed by atoms with Crippen LogP contribution in [0.5, 0.6) is 5.75 Å². The van der Waals surface area contributed by atoms with Crippen LogP contribution in [0, 0.1) is 20.8 Å². The number of aromatic hydroxyl groups is 1. The maximum atomic E-state index is 12.4. The molecule has 0 radical (unpaired) electrons. The molecule has 6 nitrogen and oxygen atoms in total. The highest BCUT2D eigenvalue weighted by atomic mass is 32.2. The topological polar surface area (TPSA) is 84.2 Å². The summed E-state index contributed by atoms with van der Waals surface area (Å²) < 4.78 is 28.9. The summed E-state index contributed by atoms with van der Waals surface area (Å²) in [4.78, 5) is 0.186. The molecule has 7 heteroatoms. The minimum atomic E-state index is -3.70. The number of sulfonamides is 1. The number of benzene rings is 1. The van der Waals surface area contributed by atoms with Gasteiger partial charge < -0.3 is 5.11 Å². The Balaban J connectivity index is 2.43. The predicted octanol–water partition coefficient (Wildman–Crippen LogP) is 1.85. The first-order valence-electron chi connectivity index (χ1n) is 6.05. The van der Waals surface area contributed by atoms with Gasteiger partial charge in [-0.1, -0.05) is 0 Å². The molecule has 2 rings (SSSR count). The second-order valence-electron chi connectivity index (χ2n) is 4.73. The number of nitrogens with one attached hydrogen (secondary N) is 1. The Morgan fingerprint density at radius 3 is 2.40 bits per heavy atom. The van der Waals surface area contributed by atoms with Gasteiger partial charge in [0.1, 0.15) is 10.6 Å². The van der Waals surface area contributed by atoms with Crippen LogP contribution in [0.15, 0.2) is 23.1 Å². The van der Waals surface area contributed by atoms with Gasteiger partial charge in [0.15, 0.2) is 0 Å². The third-order valence-electron chi connectivity index (χ3n) is 3.16. The lowest BCUT2D eigenvalue weighted by Crippen LogP contribution is -2.15. The summed E-state index contributed by atoms with van der Waals surface area (Å²) in [6.07, 6.45) is 0. The molecule has 0 amide bonds. The number of anilines is 1. The molecule has 0 atom stereocenters. The molecule has 0 saturated carbocycles. The van der Waals surface area contributed by atoms with Gasteiger partial charge in [-0.05, 0) is 44.5 Å². The first kappa shape index (κ1) is 14.4. The molecule has 1 aromatic carbocycles. The van der Waals surface area contributed by atoms with E-state index in [4.69, 9.17) is 0 Å². The van der Waals surface area contributed by atoms with Crippen molar-refractivity contribution in [2.45, 2.75) is 25.7 Å². The van der Waals surface area contributed by atoms with Crippen LogP contribution < -0.4 is 4.72 Å². The highest BCUT2D eigenvalue weighted by Crippen LogP contribution is 2.25. The highest BCUT2D eigenvalue weighted by Gasteiger charge is 2.23. The lowest BCUT2D eigenvalue weighted by atomic mass is 10.2. The van der Waals surface area contributed by atoms with E-state index in [-0.39, 0.29) is 10.6 Å². The summed E-state index contributed by atoms with van der Waals surface area (Å²) in [6.45, 7) is 5.06. The zero-order valence-corrected chi connectivity index (χ0v) is 12.6. The van der Waals surface area contributed by atoms with Gasteiger partial charge in [-0.2, -0.15) is 5.10 Å². The minimum absolute atomic E-state index is 0.127. The van der Waals surface area contributed by atoms with Gasteiger partial charge in [0.25, 0.3) is 10.0 Å². The van der Waals surface area contributed by atoms with E-state index in [1.807, 2.05) is 0 Å². The van der Waals surface area contributed by atoms with Crippen molar-refractivity contribution in [3.8, 4) is 5.75 Å². The summed E-state index contributed by atoms with van der Waals surface area (Å²) in [6, 6.07) is 4.55. The molecule has 0 bridgehead atoms. The second-order valence-corrected chi connectivity index (χ2v) is 6.35. The van der Waals surface area contributed by atoms with Gasteiger partial charge >= 0.3 is 0 Å². The molecule has 1 heterocycles. The molecule has 20 heavy (non-hydrogen) atoms. The number of hydrogen-bond acceptors (Lipinski definition) is 4. The van der Waals surface area contributed by atoms with Crippen LogP contribution in [-0.2, 0) is 17.1 Å². The molecule has 1 aromatic heterocycles. The lowest BCUT2D eigenvalue weighted by molar-refractivity contribution is 0.471. The van der Waals surface area contributed by atoms with E-state index >= 15 is 0 Å². The Morgan fingerprint density at radius 2 is 1.90 bits per heavy atom. The van der Waals surface area contributed by atoms with Crippen molar-refractivity contribution in [2.24, 2.45) is 7.05 Å². The summed E-state index contributed by atoms with van der Waals surface area (Å²) in [7, 11) is -2.00. The lowest BCUT2D eigenvalue weighted by Gasteiger charge is -2.09. The standard InChI is InChI=1S/C13H17N3O3S/c1-8-7-11(5-6-12(8)17)15-20(18,19)13-9(2)14-16(4)10(13)3/h5-7,15,17H,1-4H3. The molecule has 0 aliphatic carbocycles. The van der Waals surface area contributed by atoms with Gasteiger partial charge in [-0.3, -0.25) is 9.40 Å². The number of hydrogen-bond donors (Lipinski definition) is 2. The number of aromatic nitrogens is 2. The summed E-state index contributed by atoms with van der Waals surface area (Å²) in [5.41, 5.74) is 2.03. The van der Waals surface area contributed by atoms with Gasteiger partial charge in [0.05, 0.1) is 11.4 Å². The van der Waals surface area contributed by atoms with E-state index in [0.717, 1.165) is 0 Å². The average molecular weight is 295 g/mol. The van der Waals surface area contributed by atoms with Gasteiger partial charge in [-0.25, -0.2) is 8.42 Å². The van der Waals surface area contributed by atoms with Crippen molar-refractivity contribution in [1.29, 1.82) is 0 Å². The minimum Gasteiger partial charge on any atom is -0.508 e. The monoisotopic (exact) mass is 295 g/mol. The quantitative estimate of drug-likeness (QED) is 0.846. The van der Waals surface area contributed by atoms with E-state index in [9.17, 15) is 13.5 Å². The zero-order valence-electron chi connectivity index (χ0n) is 11.8. The fourth-order valence-electron chi connectivity index (χ4n) is 2.07. The van der Waals surface area contributed by atoms with Gasteiger partial charge in [-0.15, -0.1) is 0 Å². The summed E-state index contributed by atoms with van der Waals surface area (Å²) in [5, 5.41) is 13.6. The number of aryl methyl sites for hydroxylation is 3. The summed E-state index contributed by atoms with van der Waals surface area (Å²) in [5.74, 6) is 0.127. The van der Waals surface area contributed by atoms with Crippen molar-refractivity contribution < 1.29 is 13.5 Å². The maximum absolute atomic E-state index is 12.4. The normalized spacial score (nSPS) is 11.6. The Kier molecular flexibility index (Phi) is 3.47. The number of nitrogens with zero attached hydrogens (tertiary/aromatic N) is 2. The molecule has 0 aliphatic heterocycles. The van der Waals surface area contributed by atoms with Gasteiger partial charge in [0.2, 0.25) is 0 Å². The molecule has 0 saturated heterocycles. The van der Waals surface area contributed by atoms with Crippen molar-refractivity contribution in [1.82, 2.24) is 9.78 Å². The molecule has 2 N–H and O–H groups in total. The summed E-state index contributed by atoms with van der Waals surface area (Å²) >= 11 is 0. The van der Waals surface area contributed by atoms with Crippen LogP contribution in [0.3, 0.4) is 0 Å². The van der Waals surface area contributed by atoms with Crippen molar-refractivity contribution in [3.63, 3.8) is 0 Å². The second kappa shape index (κ2) is 4.82. The molecule has 0 aliphatic rings. The number of phenolic OH excluding ortho intramolecular Hbond substituents is 1. The van der Waals surface area contributed by atoms with Crippen LogP contribution in [-0.4, -0.2) is 23.3 Å². The zero-order chi connectivity index (χ0) is 15.1. The van der Waals surface area contributed by atoms with E-state index in [2.05, 4.69) is 9.82 Å². The average Bonchev–Trinajstić information content (AvgIpc) is 2.58. The van der Waals surface area contributed by atoms with E-state index in [1.54, 1.807) is 33.9 Å². The predicted molar refractivity (Wildman–Crippen MR) is 76.3 cm³/mol. The molecule has 0 spiro atoms. The third kappa shape index (κ3) is 2.49. The van der Waals surface area contributed by atoms with Crippen LogP contribution in [0.25, 0.3) is 0 Å². The smallest absolute Gasteiger partial charge is 0.265 e. The molecule has 0 fully saturated rings. The van der Waals surface area contributed by atoms with Crippen LogP contribution >= 0.6 is 0 Å². The van der Waals surface area contributed by atoms with Crippen LogP contribution in [0.2, 0.25) is 0 Å². The molecule has 0 unspecified atom stereocenters. The van der Waals surface area contributed by atoms with E-state index in [1.165, 1.54) is 16.8 Å². The van der Waals surface area contributed by atoms with Gasteiger partial charge in [0, 0.05) is 12.7 Å². The van der Waals surface area contributed by atoms with Crippen LogP contribution in [0.4, 0.5) is 5.69 Å². The SMILES string of the molecule is Cc1cc(NS(=O)(=O)c2c(C)nn(C)c2C)ccc1O. The van der Waals surface area contributed by atoms with E-state index < -0.39 is 10.0 Å². The maximum Gasteiger partial charge on any atom is 0.265 e. The first-order chi connectivity index (χ1) is 9.22. The fraction of sp³-hybridized carbons (Fsp3) is 0.308. The molecular weight excluding hydrogens is 278 g/mol. The Hall–Kier alpha value is -2.02. The van der Waals surface area contributed by atoms with Crippen molar-refractivity contribution in [3.05, 3.63) is 35.2 Å². The Bertz CT molecular complexity index is 763. The van der Waals surface area contributed by atoms with Crippen molar-refractivity contribution >= 4 is 15.7 Å². The first-order valence-corrected chi connectivity index (χ1v) is 7.53. The Morgan fingerprint density at radius 1 is 1.25 bits per heavy atom. The van der Waals surface area contributed by atoms with Crippen molar-refractivity contribution in [2.75, 3.05) is 4.72 Å². The molecule has 108 valence electrons. The molecule has 2 aromatic rings. The van der Waals surface area contributed by atoms with E-state index in [0.29, 0.717) is 22.6 Å². The largest absolute Gasteiger partial charge is 0.508 e. The van der Waals surface area contributed by atoms with Crippen LogP contribution in [0.1, 0.15) is 17.0 Å². The number of phenols is 1. The Labute approximate surface area is 118 Å². The number of rotatable bonds is 3. The highest BCUT2D eigenvalue weighted by molar-refractivity contribution is 7.92.